The van der Waals surface area contributed by atoms with Crippen molar-refractivity contribution >= 4 is 5.78 Å². The summed E-state index contributed by atoms with van der Waals surface area (Å²) in [6, 6.07) is 2.05. The quantitative estimate of drug-likeness (QED) is 0.804. The number of hydrogen-bond donors (Lipinski definition) is 0. The van der Waals surface area contributed by atoms with Crippen LogP contribution in [-0.4, -0.2) is 28.3 Å². The Bertz CT molecular complexity index is 406. The first kappa shape index (κ1) is 13.3. The Morgan fingerprint density at radius 1 is 1.50 bits per heavy atom. The summed E-state index contributed by atoms with van der Waals surface area (Å²) in [7, 11) is 0. The minimum atomic E-state index is -0.191. The van der Waals surface area contributed by atoms with Crippen molar-refractivity contribution in [2.24, 2.45) is 0 Å². The molecule has 4 nitrogen and oxygen atoms in total. The first-order valence-electron chi connectivity index (χ1n) is 6.94. The van der Waals surface area contributed by atoms with E-state index in [0.717, 1.165) is 50.2 Å². The van der Waals surface area contributed by atoms with Crippen molar-refractivity contribution in [3.8, 4) is 0 Å². The normalized spacial score (nSPS) is 20.0. The fourth-order valence-electron chi connectivity index (χ4n) is 2.39. The Labute approximate surface area is 108 Å². The summed E-state index contributed by atoms with van der Waals surface area (Å²) >= 11 is 0. The third kappa shape index (κ3) is 2.99. The largest absolute Gasteiger partial charge is 0.370 e. The molecule has 1 saturated heterocycles. The predicted molar refractivity (Wildman–Crippen MR) is 69.6 cm³/mol. The molecule has 0 radical (unpaired) electrons. The van der Waals surface area contributed by atoms with Gasteiger partial charge in [-0.25, -0.2) is 0 Å². The lowest BCUT2D eigenvalue weighted by Crippen LogP contribution is -2.30. The molecular weight excluding hydrogens is 228 g/mol. The number of carbonyl (C=O) groups excluding carboxylic acids is 1. The molecule has 18 heavy (non-hydrogen) atoms. The van der Waals surface area contributed by atoms with Crippen molar-refractivity contribution in [1.29, 1.82) is 0 Å². The molecule has 1 aliphatic rings. The van der Waals surface area contributed by atoms with E-state index in [0.29, 0.717) is 6.42 Å². The maximum atomic E-state index is 12.2. The molecule has 100 valence electrons. The van der Waals surface area contributed by atoms with Gasteiger partial charge in [-0.3, -0.25) is 9.48 Å². The van der Waals surface area contributed by atoms with E-state index in [4.69, 9.17) is 4.74 Å². The van der Waals surface area contributed by atoms with E-state index >= 15 is 0 Å². The van der Waals surface area contributed by atoms with Crippen LogP contribution in [0.4, 0.5) is 0 Å². The zero-order valence-electron chi connectivity index (χ0n) is 11.3. The van der Waals surface area contributed by atoms with Gasteiger partial charge in [-0.15, -0.1) is 0 Å². The highest BCUT2D eigenvalue weighted by molar-refractivity contribution is 5.85. The second kappa shape index (κ2) is 6.14. The number of nitrogens with zero attached hydrogens (tertiary/aromatic N) is 2. The number of aromatic nitrogens is 2. The van der Waals surface area contributed by atoms with Crippen LogP contribution in [0, 0.1) is 0 Å². The number of ether oxygens (including phenoxy) is 1. The minimum absolute atomic E-state index is 0.191. The molecule has 1 aromatic rings. The lowest BCUT2D eigenvalue weighted by atomic mass is 10.0. The van der Waals surface area contributed by atoms with Gasteiger partial charge in [0.25, 0.3) is 0 Å². The smallest absolute Gasteiger partial charge is 0.167 e. The zero-order valence-corrected chi connectivity index (χ0v) is 11.3. The molecular formula is C14H22N2O2. The highest BCUT2D eigenvalue weighted by Gasteiger charge is 2.23. The lowest BCUT2D eigenvalue weighted by Gasteiger charge is -2.21. The Morgan fingerprint density at radius 3 is 2.94 bits per heavy atom. The van der Waals surface area contributed by atoms with Gasteiger partial charge in [-0.1, -0.05) is 6.92 Å². The molecule has 0 spiro atoms. The number of hydrogen-bond acceptors (Lipinski definition) is 3. The number of rotatable bonds is 5. The molecule has 2 heterocycles. The van der Waals surface area contributed by atoms with Gasteiger partial charge in [0.2, 0.25) is 0 Å². The summed E-state index contributed by atoms with van der Waals surface area (Å²) in [5.74, 6) is 0.201. The molecule has 2 rings (SSSR count). The van der Waals surface area contributed by atoms with Gasteiger partial charge in [0.05, 0.1) is 12.1 Å². The van der Waals surface area contributed by atoms with Crippen LogP contribution in [0.3, 0.4) is 0 Å². The van der Waals surface area contributed by atoms with Crippen LogP contribution in [-0.2, 0) is 28.9 Å². The maximum Gasteiger partial charge on any atom is 0.167 e. The van der Waals surface area contributed by atoms with Crippen molar-refractivity contribution in [2.75, 3.05) is 6.61 Å². The van der Waals surface area contributed by atoms with E-state index in [1.807, 2.05) is 10.7 Å². The van der Waals surface area contributed by atoms with Gasteiger partial charge in [0, 0.05) is 18.8 Å². The number of aryl methyl sites for hydroxylation is 2. The highest BCUT2D eigenvalue weighted by Crippen LogP contribution is 2.16. The van der Waals surface area contributed by atoms with Gasteiger partial charge in [0.1, 0.15) is 6.10 Å². The fourth-order valence-corrected chi connectivity index (χ4v) is 2.39. The van der Waals surface area contributed by atoms with Gasteiger partial charge in [-0.2, -0.15) is 5.10 Å². The molecule has 1 atom stereocenters. The minimum Gasteiger partial charge on any atom is -0.370 e. The van der Waals surface area contributed by atoms with Crippen LogP contribution in [0.25, 0.3) is 0 Å². The van der Waals surface area contributed by atoms with Crippen LogP contribution in [0.15, 0.2) is 6.07 Å². The molecule has 1 aromatic heterocycles. The predicted octanol–water partition coefficient (Wildman–Crippen LogP) is 2.15. The topological polar surface area (TPSA) is 44.1 Å². The van der Waals surface area contributed by atoms with Crippen LogP contribution >= 0.6 is 0 Å². The Balaban J connectivity index is 2.03. The second-order valence-electron chi connectivity index (χ2n) is 4.79. The summed E-state index contributed by atoms with van der Waals surface area (Å²) in [4.78, 5) is 12.2. The highest BCUT2D eigenvalue weighted by atomic mass is 16.5. The van der Waals surface area contributed by atoms with Crippen molar-refractivity contribution in [2.45, 2.75) is 58.6 Å². The molecule has 0 N–H and O–H groups in total. The van der Waals surface area contributed by atoms with Gasteiger partial charge in [0.15, 0.2) is 5.78 Å². The van der Waals surface area contributed by atoms with Crippen LogP contribution in [0.5, 0.6) is 0 Å². The van der Waals surface area contributed by atoms with E-state index in [1.165, 1.54) is 0 Å². The van der Waals surface area contributed by atoms with Gasteiger partial charge >= 0.3 is 0 Å². The van der Waals surface area contributed by atoms with E-state index < -0.39 is 0 Å². The van der Waals surface area contributed by atoms with Gasteiger partial charge in [-0.05, 0) is 38.7 Å². The van der Waals surface area contributed by atoms with Gasteiger partial charge < -0.3 is 4.74 Å². The number of ketones is 1. The molecule has 1 fully saturated rings. The molecule has 0 bridgehead atoms. The first-order chi connectivity index (χ1) is 8.74. The van der Waals surface area contributed by atoms with Crippen molar-refractivity contribution < 1.29 is 9.53 Å². The first-order valence-corrected chi connectivity index (χ1v) is 6.94. The van der Waals surface area contributed by atoms with E-state index in [9.17, 15) is 4.79 Å². The standard InChI is InChI=1S/C14H22N2O2/c1-3-11-9-12(16(4-2)15-11)10-13(17)14-7-5-6-8-18-14/h9,14H,3-8,10H2,1-2H3. The van der Waals surface area contributed by atoms with Crippen molar-refractivity contribution in [1.82, 2.24) is 9.78 Å². The van der Waals surface area contributed by atoms with Crippen molar-refractivity contribution in [3.05, 3.63) is 17.5 Å². The molecule has 0 aromatic carbocycles. The van der Waals surface area contributed by atoms with Crippen LogP contribution in [0.1, 0.15) is 44.5 Å². The summed E-state index contributed by atoms with van der Waals surface area (Å²) in [5.41, 5.74) is 2.08. The number of carbonyl (C=O) groups is 1. The summed E-state index contributed by atoms with van der Waals surface area (Å²) in [6.07, 6.45) is 4.23. The van der Waals surface area contributed by atoms with E-state index in [1.54, 1.807) is 0 Å². The van der Waals surface area contributed by atoms with Crippen LogP contribution in [0.2, 0.25) is 0 Å². The zero-order chi connectivity index (χ0) is 13.0. The third-order valence-corrected chi connectivity index (χ3v) is 3.47. The fraction of sp³-hybridized carbons (Fsp3) is 0.714. The molecule has 0 amide bonds. The molecule has 1 unspecified atom stereocenters. The van der Waals surface area contributed by atoms with E-state index in [2.05, 4.69) is 18.9 Å². The Hall–Kier alpha value is -1.16. The molecule has 1 aliphatic heterocycles. The monoisotopic (exact) mass is 250 g/mol. The Kier molecular flexibility index (Phi) is 4.53. The average molecular weight is 250 g/mol. The number of Topliss-reactive ketones (excluding diaryl/α,β-unsaturated/α-hetero) is 1. The Morgan fingerprint density at radius 2 is 2.33 bits per heavy atom. The second-order valence-corrected chi connectivity index (χ2v) is 4.79. The summed E-state index contributed by atoms with van der Waals surface area (Å²) in [5, 5.41) is 4.47. The molecule has 4 heteroatoms. The maximum absolute atomic E-state index is 12.2. The average Bonchev–Trinajstić information content (AvgIpc) is 2.82. The summed E-state index contributed by atoms with van der Waals surface area (Å²) in [6.45, 7) is 5.67. The molecule has 0 saturated carbocycles. The molecule has 0 aliphatic carbocycles. The summed E-state index contributed by atoms with van der Waals surface area (Å²) < 4.78 is 7.47. The third-order valence-electron chi connectivity index (χ3n) is 3.47. The van der Waals surface area contributed by atoms with E-state index in [-0.39, 0.29) is 11.9 Å². The van der Waals surface area contributed by atoms with Crippen molar-refractivity contribution in [3.63, 3.8) is 0 Å². The lowest BCUT2D eigenvalue weighted by molar-refractivity contribution is -0.132. The SMILES string of the molecule is CCc1cc(CC(=O)C2CCCCO2)n(CC)n1. The van der Waals surface area contributed by atoms with Crippen LogP contribution < -0.4 is 0 Å².